The van der Waals surface area contributed by atoms with Gasteiger partial charge in [0.15, 0.2) is 11.6 Å². The zero-order chi connectivity index (χ0) is 16.6. The number of rotatable bonds is 4. The van der Waals surface area contributed by atoms with E-state index in [2.05, 4.69) is 20.6 Å². The van der Waals surface area contributed by atoms with E-state index >= 15 is 0 Å². The Morgan fingerprint density at radius 2 is 2.09 bits per heavy atom. The fourth-order valence-corrected chi connectivity index (χ4v) is 3.30. The van der Waals surface area contributed by atoms with Gasteiger partial charge in [-0.25, -0.2) is 0 Å². The number of hydrogen-bond acceptors (Lipinski definition) is 6. The lowest BCUT2D eigenvalue weighted by Crippen LogP contribution is -2.24. The van der Waals surface area contributed by atoms with Crippen molar-refractivity contribution >= 4 is 45.4 Å². The van der Waals surface area contributed by atoms with Crippen LogP contribution >= 0.6 is 34.5 Å². The van der Waals surface area contributed by atoms with Gasteiger partial charge in [-0.2, -0.15) is 9.61 Å². The molecule has 120 valence electrons. The van der Waals surface area contributed by atoms with Gasteiger partial charge in [-0.3, -0.25) is 4.79 Å². The number of fused-ring (bicyclic) bond motifs is 1. The average molecular weight is 372 g/mol. The number of ether oxygens (including phenoxy) is 1. The summed E-state index contributed by atoms with van der Waals surface area (Å²) in [5, 5.41) is 16.2. The number of halogens is 2. The third-order valence-electron chi connectivity index (χ3n) is 3.08. The van der Waals surface area contributed by atoms with Crippen molar-refractivity contribution < 1.29 is 9.53 Å². The predicted molar refractivity (Wildman–Crippen MR) is 87.6 cm³/mol. The van der Waals surface area contributed by atoms with Crippen LogP contribution < -0.4 is 10.1 Å². The molecule has 0 saturated carbocycles. The van der Waals surface area contributed by atoms with Gasteiger partial charge in [0.2, 0.25) is 4.96 Å². The first-order valence-corrected chi connectivity index (χ1v) is 8.06. The van der Waals surface area contributed by atoms with Crippen molar-refractivity contribution in [2.45, 2.75) is 13.5 Å². The predicted octanol–water partition coefficient (Wildman–Crippen LogP) is 2.74. The van der Waals surface area contributed by atoms with Gasteiger partial charge >= 0.3 is 0 Å². The Kier molecular flexibility index (Phi) is 4.38. The molecule has 7 nitrogen and oxygen atoms in total. The summed E-state index contributed by atoms with van der Waals surface area (Å²) in [6.07, 6.45) is 0. The molecule has 0 bridgehead atoms. The van der Waals surface area contributed by atoms with Gasteiger partial charge in [0, 0.05) is 0 Å². The summed E-state index contributed by atoms with van der Waals surface area (Å²) in [5.41, 5.74) is 0.195. The number of amides is 1. The summed E-state index contributed by atoms with van der Waals surface area (Å²) in [6.45, 7) is 2.04. The summed E-state index contributed by atoms with van der Waals surface area (Å²) in [6, 6.07) is 3.12. The maximum atomic E-state index is 12.4. The lowest BCUT2D eigenvalue weighted by Gasteiger charge is -2.11. The van der Waals surface area contributed by atoms with Crippen LogP contribution in [0.3, 0.4) is 0 Å². The zero-order valence-corrected chi connectivity index (χ0v) is 14.5. The third kappa shape index (κ3) is 2.97. The van der Waals surface area contributed by atoms with E-state index in [4.69, 9.17) is 27.9 Å². The minimum absolute atomic E-state index is 0.195. The van der Waals surface area contributed by atoms with Gasteiger partial charge in [-0.05, 0) is 19.1 Å². The molecule has 2 heterocycles. The van der Waals surface area contributed by atoms with Crippen molar-refractivity contribution in [3.8, 4) is 5.75 Å². The SMILES string of the molecule is COc1c(Cl)ccc(Cl)c1C(=O)NCc1nn2c(C)nnc2s1. The standard InChI is InChI=1S/C13H11Cl2N5O2S/c1-6-17-18-13-20(6)19-9(23-13)5-16-12(21)10-7(14)3-4-8(15)11(10)22-2/h3-4H,5H2,1-2H3,(H,16,21). The molecule has 23 heavy (non-hydrogen) atoms. The van der Waals surface area contributed by atoms with Crippen LogP contribution in [0, 0.1) is 6.92 Å². The molecule has 0 radical (unpaired) electrons. The Labute approximate surface area is 145 Å². The van der Waals surface area contributed by atoms with E-state index < -0.39 is 5.91 Å². The first kappa shape index (κ1) is 16.0. The van der Waals surface area contributed by atoms with Gasteiger partial charge < -0.3 is 10.1 Å². The van der Waals surface area contributed by atoms with Crippen LogP contribution in [0.15, 0.2) is 12.1 Å². The lowest BCUT2D eigenvalue weighted by atomic mass is 10.2. The summed E-state index contributed by atoms with van der Waals surface area (Å²) < 4.78 is 6.79. The number of aryl methyl sites for hydroxylation is 1. The maximum Gasteiger partial charge on any atom is 0.256 e. The smallest absolute Gasteiger partial charge is 0.256 e. The Balaban J connectivity index is 1.80. The molecule has 2 aromatic heterocycles. The summed E-state index contributed by atoms with van der Waals surface area (Å²) in [5.74, 6) is 0.538. The van der Waals surface area contributed by atoms with Gasteiger partial charge in [0.05, 0.1) is 23.7 Å². The molecule has 0 aliphatic carbocycles. The van der Waals surface area contributed by atoms with Gasteiger partial charge in [-0.15, -0.1) is 10.2 Å². The molecule has 1 aromatic carbocycles. The summed E-state index contributed by atoms with van der Waals surface area (Å²) in [7, 11) is 1.43. The highest BCUT2D eigenvalue weighted by Gasteiger charge is 2.20. The first-order chi connectivity index (χ1) is 11.0. The molecule has 0 saturated heterocycles. The van der Waals surface area contributed by atoms with E-state index in [1.54, 1.807) is 23.6 Å². The normalized spacial score (nSPS) is 11.0. The van der Waals surface area contributed by atoms with E-state index in [0.29, 0.717) is 20.8 Å². The fourth-order valence-electron chi connectivity index (χ4n) is 2.01. The fraction of sp³-hybridized carbons (Fsp3) is 0.231. The average Bonchev–Trinajstić information content (AvgIpc) is 3.09. The zero-order valence-electron chi connectivity index (χ0n) is 12.1. The van der Waals surface area contributed by atoms with E-state index in [1.807, 2.05) is 0 Å². The molecular formula is C13H11Cl2N5O2S. The molecule has 0 unspecified atom stereocenters. The highest BCUT2D eigenvalue weighted by molar-refractivity contribution is 7.16. The number of hydrogen-bond donors (Lipinski definition) is 1. The van der Waals surface area contributed by atoms with Gasteiger partial charge in [0.1, 0.15) is 10.6 Å². The van der Waals surface area contributed by atoms with Crippen LogP contribution in [0.2, 0.25) is 10.0 Å². The first-order valence-electron chi connectivity index (χ1n) is 6.49. The highest BCUT2D eigenvalue weighted by Crippen LogP contribution is 2.33. The number of nitrogens with zero attached hydrogens (tertiary/aromatic N) is 4. The largest absolute Gasteiger partial charge is 0.494 e. The molecule has 1 amide bonds. The Hall–Kier alpha value is -1.90. The second-order valence-corrected chi connectivity index (χ2v) is 6.41. The molecular weight excluding hydrogens is 361 g/mol. The van der Waals surface area contributed by atoms with Crippen molar-refractivity contribution in [2.24, 2.45) is 0 Å². The number of carbonyl (C=O) groups is 1. The quantitative estimate of drug-likeness (QED) is 0.762. The van der Waals surface area contributed by atoms with Crippen LogP contribution in [0.25, 0.3) is 4.96 Å². The lowest BCUT2D eigenvalue weighted by molar-refractivity contribution is 0.0948. The minimum atomic E-state index is -0.392. The molecule has 0 aliphatic rings. The Morgan fingerprint density at radius 3 is 2.78 bits per heavy atom. The third-order valence-corrected chi connectivity index (χ3v) is 4.59. The van der Waals surface area contributed by atoms with Crippen LogP contribution in [0.1, 0.15) is 21.2 Å². The van der Waals surface area contributed by atoms with Gasteiger partial charge in [-0.1, -0.05) is 34.5 Å². The number of nitrogens with one attached hydrogen (secondary N) is 1. The minimum Gasteiger partial charge on any atom is -0.494 e. The molecule has 3 rings (SSSR count). The summed E-state index contributed by atoms with van der Waals surface area (Å²) >= 11 is 13.5. The van der Waals surface area contributed by atoms with E-state index in [1.165, 1.54) is 18.4 Å². The Bertz CT molecular complexity index is 892. The van der Waals surface area contributed by atoms with Gasteiger partial charge in [0.25, 0.3) is 5.91 Å². The molecule has 10 heteroatoms. The van der Waals surface area contributed by atoms with E-state index in [9.17, 15) is 4.79 Å². The summed E-state index contributed by atoms with van der Waals surface area (Å²) in [4.78, 5) is 13.1. The number of benzene rings is 1. The topological polar surface area (TPSA) is 81.4 Å². The van der Waals surface area contributed by atoms with E-state index in [-0.39, 0.29) is 22.9 Å². The number of aromatic nitrogens is 4. The number of carbonyl (C=O) groups excluding carboxylic acids is 1. The van der Waals surface area contributed by atoms with Crippen molar-refractivity contribution in [3.05, 3.63) is 38.6 Å². The molecule has 0 fully saturated rings. The second kappa shape index (κ2) is 6.31. The van der Waals surface area contributed by atoms with Crippen molar-refractivity contribution in [3.63, 3.8) is 0 Å². The highest BCUT2D eigenvalue weighted by atomic mass is 35.5. The molecule has 3 aromatic rings. The van der Waals surface area contributed by atoms with Crippen LogP contribution in [0.4, 0.5) is 0 Å². The van der Waals surface area contributed by atoms with E-state index in [0.717, 1.165) is 0 Å². The number of methoxy groups -OCH3 is 1. The van der Waals surface area contributed by atoms with Crippen LogP contribution in [-0.4, -0.2) is 32.8 Å². The second-order valence-electron chi connectivity index (χ2n) is 4.56. The molecule has 0 aliphatic heterocycles. The van der Waals surface area contributed by atoms with Crippen molar-refractivity contribution in [1.29, 1.82) is 0 Å². The van der Waals surface area contributed by atoms with Crippen molar-refractivity contribution in [2.75, 3.05) is 7.11 Å². The molecule has 0 atom stereocenters. The Morgan fingerprint density at radius 1 is 1.35 bits per heavy atom. The van der Waals surface area contributed by atoms with Crippen LogP contribution in [-0.2, 0) is 6.54 Å². The molecule has 1 N–H and O–H groups in total. The maximum absolute atomic E-state index is 12.4. The van der Waals surface area contributed by atoms with Crippen molar-refractivity contribution in [1.82, 2.24) is 25.1 Å². The molecule has 0 spiro atoms. The van der Waals surface area contributed by atoms with Crippen LogP contribution in [0.5, 0.6) is 5.75 Å². The monoisotopic (exact) mass is 371 g/mol.